The van der Waals surface area contributed by atoms with E-state index in [9.17, 15) is 5.11 Å². The summed E-state index contributed by atoms with van der Waals surface area (Å²) in [6, 6.07) is 1.72. The zero-order valence-electron chi connectivity index (χ0n) is 13.0. The van der Waals surface area contributed by atoms with E-state index in [4.69, 9.17) is 11.6 Å². The van der Waals surface area contributed by atoms with Gasteiger partial charge in [0.25, 0.3) is 0 Å². The summed E-state index contributed by atoms with van der Waals surface area (Å²) < 4.78 is 0. The Morgan fingerprint density at radius 2 is 2.05 bits per heavy atom. The number of hydrogen-bond donors (Lipinski definition) is 2. The lowest BCUT2D eigenvalue weighted by Crippen LogP contribution is -2.40. The number of hydrogen-bond acceptors (Lipinski definition) is 4. The number of aliphatic hydroxyl groups is 1. The molecule has 0 radical (unpaired) electrons. The fourth-order valence-electron chi connectivity index (χ4n) is 2.95. The summed E-state index contributed by atoms with van der Waals surface area (Å²) in [5.74, 6) is 2.24. The molecule has 21 heavy (non-hydrogen) atoms. The van der Waals surface area contributed by atoms with Gasteiger partial charge in [-0.3, -0.25) is 0 Å². The molecule has 118 valence electrons. The molecule has 1 heterocycles. The van der Waals surface area contributed by atoms with Crippen molar-refractivity contribution in [2.45, 2.75) is 64.4 Å². The Balaban J connectivity index is 1.93. The first-order valence-electron chi connectivity index (χ1n) is 8.04. The zero-order chi connectivity index (χ0) is 15.3. The third-order valence-corrected chi connectivity index (χ3v) is 4.62. The van der Waals surface area contributed by atoms with Gasteiger partial charge in [0.2, 0.25) is 0 Å². The molecule has 1 fully saturated rings. The van der Waals surface area contributed by atoms with Crippen LogP contribution in [0, 0.1) is 5.92 Å². The molecular formula is C16H26ClN3O. The summed E-state index contributed by atoms with van der Waals surface area (Å²) in [4.78, 5) is 8.66. The number of anilines is 1. The molecule has 0 aromatic carbocycles. The smallest absolute Gasteiger partial charge is 0.134 e. The van der Waals surface area contributed by atoms with Gasteiger partial charge in [-0.15, -0.1) is 0 Å². The standard InChI is InChI=1S/C16H26ClN3O/c1-3-5-14-19-13(17)10-15(20-14)18-11-16(21)8-6-12(4-2)7-9-16/h10,12,21H,3-9,11H2,1-2H3,(H,18,19,20). The molecule has 0 bridgehead atoms. The largest absolute Gasteiger partial charge is 0.388 e. The second-order valence-corrected chi connectivity index (χ2v) is 6.56. The average Bonchev–Trinajstić information content (AvgIpc) is 2.46. The fraction of sp³-hybridized carbons (Fsp3) is 0.750. The third-order valence-electron chi connectivity index (χ3n) is 4.43. The number of aryl methyl sites for hydroxylation is 1. The van der Waals surface area contributed by atoms with Crippen molar-refractivity contribution in [2.24, 2.45) is 5.92 Å². The number of aromatic nitrogens is 2. The van der Waals surface area contributed by atoms with Gasteiger partial charge in [-0.05, 0) is 38.0 Å². The van der Waals surface area contributed by atoms with E-state index in [1.54, 1.807) is 6.07 Å². The number of nitrogens with zero attached hydrogens (tertiary/aromatic N) is 2. The van der Waals surface area contributed by atoms with E-state index in [0.717, 1.165) is 50.3 Å². The summed E-state index contributed by atoms with van der Waals surface area (Å²) in [6.45, 7) is 4.85. The van der Waals surface area contributed by atoms with Crippen LogP contribution in [0.25, 0.3) is 0 Å². The van der Waals surface area contributed by atoms with Crippen LogP contribution in [0.4, 0.5) is 5.82 Å². The molecule has 0 amide bonds. The minimum atomic E-state index is -0.617. The maximum Gasteiger partial charge on any atom is 0.134 e. The topological polar surface area (TPSA) is 58.0 Å². The highest BCUT2D eigenvalue weighted by atomic mass is 35.5. The van der Waals surface area contributed by atoms with Crippen LogP contribution in [0.1, 0.15) is 58.2 Å². The van der Waals surface area contributed by atoms with Crippen LogP contribution in [0.2, 0.25) is 5.15 Å². The van der Waals surface area contributed by atoms with Gasteiger partial charge in [0.05, 0.1) is 5.60 Å². The van der Waals surface area contributed by atoms with Gasteiger partial charge >= 0.3 is 0 Å². The highest BCUT2D eigenvalue weighted by Crippen LogP contribution is 2.33. The Kier molecular flexibility index (Phi) is 5.82. The summed E-state index contributed by atoms with van der Waals surface area (Å²) in [6.07, 6.45) is 6.96. The van der Waals surface area contributed by atoms with E-state index in [2.05, 4.69) is 29.1 Å². The van der Waals surface area contributed by atoms with Crippen LogP contribution >= 0.6 is 11.6 Å². The lowest BCUT2D eigenvalue weighted by atomic mass is 9.78. The SMILES string of the molecule is CCCc1nc(Cl)cc(NCC2(O)CCC(CC)CC2)n1. The lowest BCUT2D eigenvalue weighted by molar-refractivity contribution is 0.00222. The first-order chi connectivity index (χ1) is 10.0. The van der Waals surface area contributed by atoms with Crippen molar-refractivity contribution in [1.82, 2.24) is 9.97 Å². The average molecular weight is 312 g/mol. The Morgan fingerprint density at radius 3 is 2.67 bits per heavy atom. The van der Waals surface area contributed by atoms with Gasteiger partial charge in [0.15, 0.2) is 0 Å². The molecule has 1 aromatic rings. The number of rotatable bonds is 6. The van der Waals surface area contributed by atoms with E-state index in [-0.39, 0.29) is 0 Å². The molecule has 4 nitrogen and oxygen atoms in total. The predicted molar refractivity (Wildman–Crippen MR) is 86.7 cm³/mol. The summed E-state index contributed by atoms with van der Waals surface area (Å²) in [7, 11) is 0. The van der Waals surface area contributed by atoms with E-state index < -0.39 is 5.60 Å². The maximum absolute atomic E-state index is 10.6. The maximum atomic E-state index is 10.6. The second-order valence-electron chi connectivity index (χ2n) is 6.17. The zero-order valence-corrected chi connectivity index (χ0v) is 13.8. The first kappa shape index (κ1) is 16.5. The Bertz CT molecular complexity index is 459. The quantitative estimate of drug-likeness (QED) is 0.784. The van der Waals surface area contributed by atoms with Crippen LogP contribution in [-0.2, 0) is 6.42 Å². The van der Waals surface area contributed by atoms with Crippen LogP contribution in [0.3, 0.4) is 0 Å². The highest BCUT2D eigenvalue weighted by molar-refractivity contribution is 6.29. The van der Waals surface area contributed by atoms with E-state index in [1.165, 1.54) is 6.42 Å². The van der Waals surface area contributed by atoms with Gasteiger partial charge in [-0.25, -0.2) is 9.97 Å². The minimum Gasteiger partial charge on any atom is -0.388 e. The van der Waals surface area contributed by atoms with Crippen LogP contribution in [-0.4, -0.2) is 27.2 Å². The van der Waals surface area contributed by atoms with E-state index in [0.29, 0.717) is 17.5 Å². The molecule has 1 saturated carbocycles. The molecule has 0 spiro atoms. The summed E-state index contributed by atoms with van der Waals surface area (Å²) in [5.41, 5.74) is -0.617. The van der Waals surface area contributed by atoms with Crippen molar-refractivity contribution in [3.05, 3.63) is 17.0 Å². The van der Waals surface area contributed by atoms with Crippen molar-refractivity contribution >= 4 is 17.4 Å². The van der Waals surface area contributed by atoms with Gasteiger partial charge < -0.3 is 10.4 Å². The predicted octanol–water partition coefficient (Wildman–Crippen LogP) is 3.83. The molecule has 0 unspecified atom stereocenters. The minimum absolute atomic E-state index is 0.456. The summed E-state index contributed by atoms with van der Waals surface area (Å²) >= 11 is 6.03. The van der Waals surface area contributed by atoms with Crippen LogP contribution in [0.15, 0.2) is 6.07 Å². The molecule has 1 aliphatic carbocycles. The van der Waals surface area contributed by atoms with Gasteiger partial charge in [-0.2, -0.15) is 0 Å². The highest BCUT2D eigenvalue weighted by Gasteiger charge is 2.32. The van der Waals surface area contributed by atoms with Gasteiger partial charge in [-0.1, -0.05) is 31.9 Å². The van der Waals surface area contributed by atoms with Crippen molar-refractivity contribution in [1.29, 1.82) is 0 Å². The molecule has 2 rings (SSSR count). The normalized spacial score (nSPS) is 25.8. The molecular weight excluding hydrogens is 286 g/mol. The van der Waals surface area contributed by atoms with E-state index in [1.807, 2.05) is 0 Å². The molecule has 1 aromatic heterocycles. The van der Waals surface area contributed by atoms with Crippen molar-refractivity contribution in [2.75, 3.05) is 11.9 Å². The van der Waals surface area contributed by atoms with E-state index >= 15 is 0 Å². The third kappa shape index (κ3) is 4.82. The van der Waals surface area contributed by atoms with Gasteiger partial charge in [0.1, 0.15) is 16.8 Å². The molecule has 5 heteroatoms. The molecule has 2 N–H and O–H groups in total. The summed E-state index contributed by atoms with van der Waals surface area (Å²) in [5, 5.41) is 14.3. The Labute approximate surface area is 132 Å². The fourth-order valence-corrected chi connectivity index (χ4v) is 3.15. The molecule has 0 aliphatic heterocycles. The van der Waals surface area contributed by atoms with Gasteiger partial charge in [0, 0.05) is 19.0 Å². The monoisotopic (exact) mass is 311 g/mol. The Hall–Kier alpha value is -0.870. The molecule has 0 saturated heterocycles. The molecule has 1 aliphatic rings. The molecule has 0 atom stereocenters. The number of nitrogens with one attached hydrogen (secondary N) is 1. The second kappa shape index (κ2) is 7.41. The Morgan fingerprint density at radius 1 is 1.33 bits per heavy atom. The lowest BCUT2D eigenvalue weighted by Gasteiger charge is -2.36. The van der Waals surface area contributed by atoms with Crippen LogP contribution in [0.5, 0.6) is 0 Å². The van der Waals surface area contributed by atoms with Crippen molar-refractivity contribution in [3.63, 3.8) is 0 Å². The first-order valence-corrected chi connectivity index (χ1v) is 8.42. The van der Waals surface area contributed by atoms with Crippen LogP contribution < -0.4 is 5.32 Å². The van der Waals surface area contributed by atoms with Crippen molar-refractivity contribution < 1.29 is 5.11 Å². The van der Waals surface area contributed by atoms with Crippen molar-refractivity contribution in [3.8, 4) is 0 Å². The number of halogens is 1.